The summed E-state index contributed by atoms with van der Waals surface area (Å²) in [5, 5.41) is 0. The first-order valence-corrected chi connectivity index (χ1v) is 6.46. The minimum absolute atomic E-state index is 0.0316. The molecule has 0 radical (unpaired) electrons. The third-order valence-corrected chi connectivity index (χ3v) is 2.44. The normalized spacial score (nSPS) is 11.8. The van der Waals surface area contributed by atoms with Crippen LogP contribution in [0.2, 0.25) is 0 Å². The van der Waals surface area contributed by atoms with Gasteiger partial charge in [0.25, 0.3) is 0 Å². The summed E-state index contributed by atoms with van der Waals surface area (Å²) in [5.41, 5.74) is 0. The van der Waals surface area contributed by atoms with Crippen LogP contribution in [0.15, 0.2) is 0 Å². The van der Waals surface area contributed by atoms with E-state index in [4.69, 9.17) is 14.2 Å². The summed E-state index contributed by atoms with van der Waals surface area (Å²) in [6.45, 7) is 7.20. The van der Waals surface area contributed by atoms with E-state index in [1.807, 2.05) is 0 Å². The van der Waals surface area contributed by atoms with Crippen LogP contribution in [0.4, 0.5) is 0 Å². The van der Waals surface area contributed by atoms with E-state index in [0.29, 0.717) is 0 Å². The van der Waals surface area contributed by atoms with E-state index in [-0.39, 0.29) is 26.2 Å². The van der Waals surface area contributed by atoms with Gasteiger partial charge in [-0.05, 0) is 26.7 Å². The summed E-state index contributed by atoms with van der Waals surface area (Å²) < 4.78 is 14.5. The van der Waals surface area contributed by atoms with Gasteiger partial charge < -0.3 is 14.2 Å². The molecule has 0 heterocycles. The topological polar surface area (TPSA) is 78.9 Å². The van der Waals surface area contributed by atoms with Crippen molar-refractivity contribution in [3.63, 3.8) is 0 Å². The molecule has 0 saturated heterocycles. The summed E-state index contributed by atoms with van der Waals surface area (Å²) in [4.78, 5) is 34.9. The molecule has 0 aromatic rings. The summed E-state index contributed by atoms with van der Waals surface area (Å²) in [7, 11) is 0. The first-order chi connectivity index (χ1) is 8.97. The summed E-state index contributed by atoms with van der Waals surface area (Å²) in [6, 6.07) is 0. The maximum absolute atomic E-state index is 11.8. The SMILES string of the molecule is CCOC(=O)CC(C)C(C(=O)OCC)C(=O)OCC. The highest BCUT2D eigenvalue weighted by Crippen LogP contribution is 2.20. The van der Waals surface area contributed by atoms with Crippen molar-refractivity contribution >= 4 is 17.9 Å². The molecule has 1 unspecified atom stereocenters. The number of hydrogen-bond donors (Lipinski definition) is 0. The van der Waals surface area contributed by atoms with Crippen LogP contribution < -0.4 is 0 Å². The Morgan fingerprint density at radius 2 is 1.26 bits per heavy atom. The first kappa shape index (κ1) is 17.4. The molecule has 1 atom stereocenters. The van der Waals surface area contributed by atoms with E-state index < -0.39 is 29.7 Å². The molecule has 0 rings (SSSR count). The summed E-state index contributed by atoms with van der Waals surface area (Å²) in [5.74, 6) is -3.41. The summed E-state index contributed by atoms with van der Waals surface area (Å²) >= 11 is 0. The van der Waals surface area contributed by atoms with Gasteiger partial charge in [0.2, 0.25) is 0 Å². The lowest BCUT2D eigenvalue weighted by Crippen LogP contribution is -2.34. The van der Waals surface area contributed by atoms with Gasteiger partial charge in [0.1, 0.15) is 0 Å². The Bertz CT molecular complexity index is 294. The Hall–Kier alpha value is -1.59. The average Bonchev–Trinajstić information content (AvgIpc) is 2.29. The minimum atomic E-state index is -1.09. The van der Waals surface area contributed by atoms with E-state index >= 15 is 0 Å². The lowest BCUT2D eigenvalue weighted by atomic mass is 9.91. The Morgan fingerprint density at radius 1 is 0.842 bits per heavy atom. The van der Waals surface area contributed by atoms with Gasteiger partial charge >= 0.3 is 17.9 Å². The second kappa shape index (κ2) is 9.35. The molecular weight excluding hydrogens is 252 g/mol. The molecule has 0 N–H and O–H groups in total. The van der Waals surface area contributed by atoms with E-state index in [1.165, 1.54) is 0 Å². The van der Waals surface area contributed by atoms with Crippen molar-refractivity contribution in [2.45, 2.75) is 34.1 Å². The molecule has 0 aliphatic rings. The lowest BCUT2D eigenvalue weighted by molar-refractivity contribution is -0.164. The number of carbonyl (C=O) groups is 3. The molecule has 0 amide bonds. The molecule has 0 aliphatic heterocycles. The highest BCUT2D eigenvalue weighted by molar-refractivity contribution is 5.95. The maximum Gasteiger partial charge on any atom is 0.320 e. The van der Waals surface area contributed by atoms with Crippen LogP contribution in [-0.2, 0) is 28.6 Å². The number of hydrogen-bond acceptors (Lipinski definition) is 6. The molecule has 0 bridgehead atoms. The molecular formula is C13H22O6. The van der Waals surface area contributed by atoms with Gasteiger partial charge in [-0.15, -0.1) is 0 Å². The standard InChI is InChI=1S/C13H22O6/c1-5-17-10(14)8-9(4)11(12(15)18-6-2)13(16)19-7-3/h9,11H,5-8H2,1-4H3. The van der Waals surface area contributed by atoms with Crippen molar-refractivity contribution < 1.29 is 28.6 Å². The van der Waals surface area contributed by atoms with Crippen LogP contribution in [0.3, 0.4) is 0 Å². The fraction of sp³-hybridized carbons (Fsp3) is 0.769. The Labute approximate surface area is 113 Å². The van der Waals surface area contributed by atoms with Crippen molar-refractivity contribution in [1.29, 1.82) is 0 Å². The molecule has 0 spiro atoms. The van der Waals surface area contributed by atoms with Crippen LogP contribution in [0.5, 0.6) is 0 Å². The molecule has 0 aromatic heterocycles. The predicted octanol–water partition coefficient (Wildman–Crippen LogP) is 1.32. The smallest absolute Gasteiger partial charge is 0.320 e. The Morgan fingerprint density at radius 3 is 1.63 bits per heavy atom. The van der Waals surface area contributed by atoms with Crippen LogP contribution >= 0.6 is 0 Å². The summed E-state index contributed by atoms with van der Waals surface area (Å²) in [6.07, 6.45) is -0.0316. The third kappa shape index (κ3) is 6.22. The van der Waals surface area contributed by atoms with E-state index in [1.54, 1.807) is 27.7 Å². The number of ether oxygens (including phenoxy) is 3. The van der Waals surface area contributed by atoms with Crippen LogP contribution in [-0.4, -0.2) is 37.7 Å². The van der Waals surface area contributed by atoms with E-state index in [2.05, 4.69) is 0 Å². The van der Waals surface area contributed by atoms with E-state index in [0.717, 1.165) is 0 Å². The molecule has 0 saturated carbocycles. The van der Waals surface area contributed by atoms with Gasteiger partial charge in [-0.3, -0.25) is 14.4 Å². The van der Waals surface area contributed by atoms with Crippen LogP contribution in [0, 0.1) is 11.8 Å². The van der Waals surface area contributed by atoms with Gasteiger partial charge in [-0.1, -0.05) is 6.92 Å². The first-order valence-electron chi connectivity index (χ1n) is 6.46. The Kier molecular flexibility index (Phi) is 8.57. The number of carbonyl (C=O) groups excluding carboxylic acids is 3. The van der Waals surface area contributed by atoms with Crippen molar-refractivity contribution in [2.75, 3.05) is 19.8 Å². The highest BCUT2D eigenvalue weighted by atomic mass is 16.6. The van der Waals surface area contributed by atoms with Crippen molar-refractivity contribution in [3.05, 3.63) is 0 Å². The number of rotatable bonds is 8. The largest absolute Gasteiger partial charge is 0.466 e. The van der Waals surface area contributed by atoms with Gasteiger partial charge in [-0.25, -0.2) is 0 Å². The van der Waals surface area contributed by atoms with Gasteiger partial charge in [-0.2, -0.15) is 0 Å². The van der Waals surface area contributed by atoms with Gasteiger partial charge in [0.05, 0.1) is 19.8 Å². The Balaban J connectivity index is 4.76. The molecule has 0 fully saturated rings. The van der Waals surface area contributed by atoms with E-state index in [9.17, 15) is 14.4 Å². The zero-order valence-corrected chi connectivity index (χ0v) is 11.9. The average molecular weight is 274 g/mol. The fourth-order valence-electron chi connectivity index (χ4n) is 1.63. The quantitative estimate of drug-likeness (QED) is 0.377. The molecule has 0 aliphatic carbocycles. The van der Waals surface area contributed by atoms with Crippen molar-refractivity contribution in [1.82, 2.24) is 0 Å². The number of esters is 3. The lowest BCUT2D eigenvalue weighted by Gasteiger charge is -2.19. The monoisotopic (exact) mass is 274 g/mol. The predicted molar refractivity (Wildman–Crippen MR) is 67.2 cm³/mol. The van der Waals surface area contributed by atoms with Crippen LogP contribution in [0.25, 0.3) is 0 Å². The third-order valence-electron chi connectivity index (χ3n) is 2.44. The van der Waals surface area contributed by atoms with Crippen molar-refractivity contribution in [3.8, 4) is 0 Å². The fourth-order valence-corrected chi connectivity index (χ4v) is 1.63. The molecule has 110 valence electrons. The molecule has 6 nitrogen and oxygen atoms in total. The van der Waals surface area contributed by atoms with Gasteiger partial charge in [0.15, 0.2) is 5.92 Å². The highest BCUT2D eigenvalue weighted by Gasteiger charge is 2.36. The zero-order chi connectivity index (χ0) is 14.8. The van der Waals surface area contributed by atoms with Crippen molar-refractivity contribution in [2.24, 2.45) is 11.8 Å². The molecule has 19 heavy (non-hydrogen) atoms. The zero-order valence-electron chi connectivity index (χ0n) is 11.9. The second-order valence-corrected chi connectivity index (χ2v) is 3.97. The molecule has 0 aromatic carbocycles. The second-order valence-electron chi connectivity index (χ2n) is 3.97. The van der Waals surface area contributed by atoms with Crippen LogP contribution in [0.1, 0.15) is 34.1 Å². The molecule has 6 heteroatoms. The minimum Gasteiger partial charge on any atom is -0.466 e. The maximum atomic E-state index is 11.8. The van der Waals surface area contributed by atoms with Gasteiger partial charge in [0, 0.05) is 6.42 Å².